The molecule has 1 unspecified atom stereocenters. The fraction of sp³-hybridized carbons (Fsp3) is 0.375. The molecule has 0 radical (unpaired) electrons. The van der Waals surface area contributed by atoms with Gasteiger partial charge < -0.3 is 15.2 Å². The average Bonchev–Trinajstić information content (AvgIpc) is 3.64. The monoisotopic (exact) mass is 487 g/mol. The molecule has 1 atom stereocenters. The van der Waals surface area contributed by atoms with E-state index in [1.165, 1.54) is 25.3 Å². The van der Waals surface area contributed by atoms with E-state index < -0.39 is 22.0 Å². The van der Waals surface area contributed by atoms with Crippen LogP contribution < -0.4 is 14.8 Å². The molecule has 1 aliphatic carbocycles. The molecular formula is C24H29N3O6S. The van der Waals surface area contributed by atoms with E-state index in [1.807, 2.05) is 13.8 Å². The molecule has 4 N–H and O–H groups in total. The second kappa shape index (κ2) is 10.4. The summed E-state index contributed by atoms with van der Waals surface area (Å²) in [5.74, 6) is -1.26. The number of rotatable bonds is 10. The van der Waals surface area contributed by atoms with Crippen molar-refractivity contribution in [2.24, 2.45) is 5.92 Å². The lowest BCUT2D eigenvalue weighted by molar-refractivity contribution is -0.138. The molecule has 1 amide bonds. The van der Waals surface area contributed by atoms with Crippen LogP contribution in [-0.4, -0.2) is 44.4 Å². The van der Waals surface area contributed by atoms with Gasteiger partial charge in [0.2, 0.25) is 15.9 Å². The number of carboxylic acid groups (broad SMARTS) is 1. The summed E-state index contributed by atoms with van der Waals surface area (Å²) in [6.45, 7) is 3.98. The maximum atomic E-state index is 12.8. The molecule has 182 valence electrons. The van der Waals surface area contributed by atoms with Crippen molar-refractivity contribution in [1.29, 1.82) is 5.41 Å². The zero-order chi connectivity index (χ0) is 25.0. The highest BCUT2D eigenvalue weighted by molar-refractivity contribution is 7.89. The standard InChI is InChI=1S/C24H29N3O6S/c1-14(2)16-7-9-18(10-8-16)34(31,32)27-20(24(29)30)13-15-4-11-21(33-3)19(12-15)22(25)26-23(28)17-5-6-17/h4,7-12,14,17,20,27H,5-6,13H2,1-3H3,(H,29,30)(H2,25,26,28). The molecule has 0 aromatic heterocycles. The number of carbonyl (C=O) groups is 2. The molecule has 0 saturated heterocycles. The lowest BCUT2D eigenvalue weighted by atomic mass is 10.0. The number of methoxy groups -OCH3 is 1. The summed E-state index contributed by atoms with van der Waals surface area (Å²) in [4.78, 5) is 23.9. The first-order valence-corrected chi connectivity index (χ1v) is 12.4. The minimum absolute atomic E-state index is 0.0249. The van der Waals surface area contributed by atoms with Gasteiger partial charge in [-0.2, -0.15) is 4.72 Å². The third-order valence-corrected chi connectivity index (χ3v) is 7.11. The molecule has 1 fully saturated rings. The number of hydrogen-bond acceptors (Lipinski definition) is 6. The van der Waals surface area contributed by atoms with Gasteiger partial charge in [0.1, 0.15) is 17.6 Å². The summed E-state index contributed by atoms with van der Waals surface area (Å²) in [5.41, 5.74) is 1.72. The van der Waals surface area contributed by atoms with Crippen molar-refractivity contribution in [3.63, 3.8) is 0 Å². The minimum atomic E-state index is -4.08. The van der Waals surface area contributed by atoms with Gasteiger partial charge in [-0.1, -0.05) is 32.0 Å². The van der Waals surface area contributed by atoms with Crippen LogP contribution in [0.3, 0.4) is 0 Å². The first-order valence-electron chi connectivity index (χ1n) is 10.9. The van der Waals surface area contributed by atoms with Crippen LogP contribution in [0.2, 0.25) is 0 Å². The summed E-state index contributed by atoms with van der Waals surface area (Å²) in [6.07, 6.45) is 1.41. The van der Waals surface area contributed by atoms with E-state index in [0.717, 1.165) is 18.4 Å². The molecule has 9 nitrogen and oxygen atoms in total. The Morgan fingerprint density at radius 1 is 1.15 bits per heavy atom. The quantitative estimate of drug-likeness (QED) is 0.299. The highest BCUT2D eigenvalue weighted by atomic mass is 32.2. The van der Waals surface area contributed by atoms with Gasteiger partial charge in [0.05, 0.1) is 17.6 Å². The van der Waals surface area contributed by atoms with E-state index in [1.54, 1.807) is 24.3 Å². The molecule has 34 heavy (non-hydrogen) atoms. The van der Waals surface area contributed by atoms with Crippen LogP contribution >= 0.6 is 0 Å². The molecule has 3 rings (SSSR count). The van der Waals surface area contributed by atoms with Crippen LogP contribution in [0.25, 0.3) is 0 Å². The van der Waals surface area contributed by atoms with Gasteiger partial charge in [-0.15, -0.1) is 0 Å². The number of amides is 1. The molecule has 1 aliphatic rings. The van der Waals surface area contributed by atoms with Crippen LogP contribution in [0.4, 0.5) is 0 Å². The van der Waals surface area contributed by atoms with Crippen molar-refractivity contribution < 1.29 is 27.9 Å². The van der Waals surface area contributed by atoms with E-state index in [9.17, 15) is 23.1 Å². The second-order valence-electron chi connectivity index (χ2n) is 8.61. The number of benzene rings is 2. The molecule has 2 aromatic rings. The molecule has 0 aliphatic heterocycles. The second-order valence-corrected chi connectivity index (χ2v) is 10.3. The van der Waals surface area contributed by atoms with Crippen molar-refractivity contribution in [2.75, 3.05) is 7.11 Å². The van der Waals surface area contributed by atoms with E-state index in [0.29, 0.717) is 11.3 Å². The third-order valence-electron chi connectivity index (χ3n) is 5.62. The van der Waals surface area contributed by atoms with E-state index in [-0.39, 0.29) is 40.5 Å². The van der Waals surface area contributed by atoms with Gasteiger partial charge in [0, 0.05) is 5.92 Å². The van der Waals surface area contributed by atoms with Crippen LogP contribution in [0.15, 0.2) is 47.4 Å². The SMILES string of the molecule is COc1ccc(CC(NS(=O)(=O)c2ccc(C(C)C)cc2)C(=O)O)cc1C(=N)NC(=O)C1CC1. The molecule has 2 aromatic carbocycles. The topological polar surface area (TPSA) is 146 Å². The number of amidine groups is 1. The third kappa shape index (κ3) is 6.21. The molecule has 10 heteroatoms. The summed E-state index contributed by atoms with van der Waals surface area (Å²) in [7, 11) is -2.66. The number of carboxylic acids is 1. The van der Waals surface area contributed by atoms with Crippen LogP contribution in [0.5, 0.6) is 5.75 Å². The molecule has 0 bridgehead atoms. The summed E-state index contributed by atoms with van der Waals surface area (Å²) < 4.78 is 33.2. The van der Waals surface area contributed by atoms with Gasteiger partial charge in [-0.3, -0.25) is 15.0 Å². The molecule has 1 saturated carbocycles. The average molecular weight is 488 g/mol. The van der Waals surface area contributed by atoms with E-state index >= 15 is 0 Å². The van der Waals surface area contributed by atoms with Gasteiger partial charge in [0.25, 0.3) is 0 Å². The minimum Gasteiger partial charge on any atom is -0.496 e. The summed E-state index contributed by atoms with van der Waals surface area (Å²) >= 11 is 0. The van der Waals surface area contributed by atoms with Crippen LogP contribution in [0, 0.1) is 11.3 Å². The number of ether oxygens (including phenoxy) is 1. The number of nitrogens with one attached hydrogen (secondary N) is 3. The van der Waals surface area contributed by atoms with Crippen molar-refractivity contribution in [2.45, 2.75) is 50.0 Å². The number of carbonyl (C=O) groups excluding carboxylic acids is 1. The maximum absolute atomic E-state index is 12.8. The Morgan fingerprint density at radius 3 is 2.32 bits per heavy atom. The fourth-order valence-electron chi connectivity index (χ4n) is 3.42. The number of hydrogen-bond donors (Lipinski definition) is 4. The van der Waals surface area contributed by atoms with Gasteiger partial charge in [-0.25, -0.2) is 8.42 Å². The fourth-order valence-corrected chi connectivity index (χ4v) is 4.61. The Hall–Kier alpha value is -3.24. The van der Waals surface area contributed by atoms with Gasteiger partial charge in [-0.05, 0) is 60.6 Å². The predicted molar refractivity (Wildman–Crippen MR) is 127 cm³/mol. The first kappa shape index (κ1) is 25.4. The zero-order valence-electron chi connectivity index (χ0n) is 19.3. The predicted octanol–water partition coefficient (Wildman–Crippen LogP) is 2.64. The van der Waals surface area contributed by atoms with Crippen molar-refractivity contribution in [1.82, 2.24) is 10.0 Å². The van der Waals surface area contributed by atoms with Crippen molar-refractivity contribution >= 4 is 27.7 Å². The van der Waals surface area contributed by atoms with Crippen LogP contribution in [0.1, 0.15) is 49.3 Å². The smallest absolute Gasteiger partial charge is 0.322 e. The molecular weight excluding hydrogens is 458 g/mol. The number of sulfonamides is 1. The molecule has 0 heterocycles. The Morgan fingerprint density at radius 2 is 1.79 bits per heavy atom. The first-order chi connectivity index (χ1) is 16.0. The Kier molecular flexibility index (Phi) is 7.73. The Bertz CT molecular complexity index is 1190. The zero-order valence-corrected chi connectivity index (χ0v) is 20.1. The van der Waals surface area contributed by atoms with E-state index in [2.05, 4.69) is 10.0 Å². The maximum Gasteiger partial charge on any atom is 0.322 e. The normalized spacial score (nSPS) is 14.5. The van der Waals surface area contributed by atoms with Gasteiger partial charge >= 0.3 is 5.97 Å². The molecule has 0 spiro atoms. The summed E-state index contributed by atoms with van der Waals surface area (Å²) in [5, 5.41) is 20.5. The van der Waals surface area contributed by atoms with E-state index in [4.69, 9.17) is 10.1 Å². The van der Waals surface area contributed by atoms with Gasteiger partial charge in [0.15, 0.2) is 0 Å². The summed E-state index contributed by atoms with van der Waals surface area (Å²) in [6, 6.07) is 9.54. The lowest BCUT2D eigenvalue weighted by Gasteiger charge is -2.17. The Balaban J connectivity index is 1.80. The Labute approximate surface area is 199 Å². The largest absolute Gasteiger partial charge is 0.496 e. The highest BCUT2D eigenvalue weighted by Crippen LogP contribution is 2.29. The van der Waals surface area contributed by atoms with Crippen molar-refractivity contribution in [3.8, 4) is 5.75 Å². The lowest BCUT2D eigenvalue weighted by Crippen LogP contribution is -2.42. The van der Waals surface area contributed by atoms with Crippen molar-refractivity contribution in [3.05, 3.63) is 59.2 Å². The highest BCUT2D eigenvalue weighted by Gasteiger charge is 2.31. The number of aliphatic carboxylic acids is 1. The van der Waals surface area contributed by atoms with Crippen LogP contribution in [-0.2, 0) is 26.0 Å².